The molecule has 1 heterocycles. The summed E-state index contributed by atoms with van der Waals surface area (Å²) in [7, 11) is -0.656. The summed E-state index contributed by atoms with van der Waals surface area (Å²) in [4.78, 5) is 12.6. The van der Waals surface area contributed by atoms with Gasteiger partial charge in [-0.3, -0.25) is 9.10 Å². The third kappa shape index (κ3) is 4.65. The van der Waals surface area contributed by atoms with Crippen molar-refractivity contribution in [3.8, 4) is 17.2 Å². The number of hydrogen-bond donors (Lipinski definition) is 1. The smallest absolute Gasteiger partial charge is 0.264 e. The molecule has 0 fully saturated rings. The number of nitrogens with one attached hydrogen (secondary N) is 1. The molecule has 8 nitrogen and oxygen atoms in total. The van der Waals surface area contributed by atoms with Gasteiger partial charge in [-0.05, 0) is 60.9 Å². The lowest BCUT2D eigenvalue weighted by atomic mass is 10.2. The molecule has 0 aliphatic carbocycles. The number of carbonyl (C=O) groups excluding carboxylic acids is 1. The third-order valence-corrected chi connectivity index (χ3v) is 7.43. The fourth-order valence-corrected chi connectivity index (χ4v) is 5.45. The monoisotopic (exact) mass is 482 g/mol. The Labute approximate surface area is 199 Å². The Bertz CT molecular complexity index is 1320. The summed E-state index contributed by atoms with van der Waals surface area (Å²) in [6, 6.07) is 17.2. The van der Waals surface area contributed by atoms with E-state index in [2.05, 4.69) is 5.32 Å². The molecule has 34 heavy (non-hydrogen) atoms. The van der Waals surface area contributed by atoms with Crippen molar-refractivity contribution < 1.29 is 27.4 Å². The summed E-state index contributed by atoms with van der Waals surface area (Å²) in [5.41, 5.74) is 2.83. The molecule has 0 atom stereocenters. The number of carbonyl (C=O) groups is 1. The first-order chi connectivity index (χ1) is 16.3. The number of hydrogen-bond acceptors (Lipinski definition) is 6. The lowest BCUT2D eigenvalue weighted by Gasteiger charge is -2.20. The standard InChI is InChI=1S/C25H26N2O6S/c1-17-14-20(34(29,30)27-13-12-18-6-4-5-7-22(18)27)9-11-23(17)33-16-25(28)26-21-10-8-19(31-2)15-24(21)32-3/h4-11,14-15H,12-13,16H2,1-3H3,(H,26,28). The maximum absolute atomic E-state index is 13.2. The molecule has 9 heteroatoms. The van der Waals surface area contributed by atoms with Crippen LogP contribution in [0.3, 0.4) is 0 Å². The van der Waals surface area contributed by atoms with Crippen LogP contribution in [0.2, 0.25) is 0 Å². The Morgan fingerprint density at radius 2 is 1.79 bits per heavy atom. The number of para-hydroxylation sites is 1. The molecule has 1 amide bonds. The molecule has 1 aliphatic heterocycles. The summed E-state index contributed by atoms with van der Waals surface area (Å²) in [6.07, 6.45) is 0.684. The SMILES string of the molecule is COc1ccc(NC(=O)COc2ccc(S(=O)(=O)N3CCc4ccccc43)cc2C)c(OC)c1. The molecule has 178 valence electrons. The zero-order chi connectivity index (χ0) is 24.3. The highest BCUT2D eigenvalue weighted by Crippen LogP contribution is 2.34. The van der Waals surface area contributed by atoms with Crippen LogP contribution in [0.15, 0.2) is 65.6 Å². The van der Waals surface area contributed by atoms with Crippen molar-refractivity contribution in [2.75, 3.05) is 37.0 Å². The van der Waals surface area contributed by atoms with E-state index in [9.17, 15) is 13.2 Å². The van der Waals surface area contributed by atoms with E-state index >= 15 is 0 Å². The second kappa shape index (κ2) is 9.64. The van der Waals surface area contributed by atoms with E-state index in [1.807, 2.05) is 24.3 Å². The van der Waals surface area contributed by atoms with Gasteiger partial charge in [-0.2, -0.15) is 0 Å². The first kappa shape index (κ1) is 23.4. The normalized spacial score (nSPS) is 12.7. The Hall–Kier alpha value is -3.72. The Balaban J connectivity index is 1.44. The van der Waals surface area contributed by atoms with E-state index in [-0.39, 0.29) is 17.4 Å². The van der Waals surface area contributed by atoms with E-state index in [1.165, 1.54) is 17.5 Å². The number of rotatable bonds is 8. The highest BCUT2D eigenvalue weighted by Gasteiger charge is 2.30. The predicted octanol–water partition coefficient (Wildman–Crippen LogP) is 3.78. The number of benzene rings is 3. The van der Waals surface area contributed by atoms with Gasteiger partial charge in [-0.1, -0.05) is 18.2 Å². The number of anilines is 2. The van der Waals surface area contributed by atoms with Crippen LogP contribution in [-0.4, -0.2) is 41.7 Å². The van der Waals surface area contributed by atoms with Crippen LogP contribution in [0.5, 0.6) is 17.2 Å². The first-order valence-electron chi connectivity index (χ1n) is 10.7. The molecule has 3 aromatic carbocycles. The molecule has 0 unspecified atom stereocenters. The minimum Gasteiger partial charge on any atom is -0.497 e. The summed E-state index contributed by atoms with van der Waals surface area (Å²) in [6.45, 7) is 1.91. The van der Waals surface area contributed by atoms with Crippen LogP contribution in [0.25, 0.3) is 0 Å². The van der Waals surface area contributed by atoms with Gasteiger partial charge in [0.15, 0.2) is 6.61 Å². The average Bonchev–Trinajstić information content (AvgIpc) is 3.28. The summed E-state index contributed by atoms with van der Waals surface area (Å²) in [5, 5.41) is 2.74. The average molecular weight is 483 g/mol. The van der Waals surface area contributed by atoms with Crippen LogP contribution in [0, 0.1) is 6.92 Å². The molecule has 0 bridgehead atoms. The minimum atomic E-state index is -3.70. The first-order valence-corrected chi connectivity index (χ1v) is 12.1. The quantitative estimate of drug-likeness (QED) is 0.525. The van der Waals surface area contributed by atoms with Gasteiger partial charge in [0.1, 0.15) is 17.2 Å². The van der Waals surface area contributed by atoms with Crippen molar-refractivity contribution in [1.82, 2.24) is 0 Å². The van der Waals surface area contributed by atoms with E-state index in [0.29, 0.717) is 47.2 Å². The van der Waals surface area contributed by atoms with E-state index in [4.69, 9.17) is 14.2 Å². The summed E-state index contributed by atoms with van der Waals surface area (Å²) in [5.74, 6) is 1.11. The largest absolute Gasteiger partial charge is 0.497 e. The molecule has 0 saturated carbocycles. The molecule has 0 saturated heterocycles. The van der Waals surface area contributed by atoms with E-state index < -0.39 is 10.0 Å². The van der Waals surface area contributed by atoms with Gasteiger partial charge in [-0.25, -0.2) is 8.42 Å². The Morgan fingerprint density at radius 1 is 1.00 bits per heavy atom. The van der Waals surface area contributed by atoms with Gasteiger partial charge >= 0.3 is 0 Å². The van der Waals surface area contributed by atoms with Crippen molar-refractivity contribution in [2.24, 2.45) is 0 Å². The topological polar surface area (TPSA) is 94.2 Å². The highest BCUT2D eigenvalue weighted by atomic mass is 32.2. The zero-order valence-electron chi connectivity index (χ0n) is 19.2. The molecule has 4 rings (SSSR count). The van der Waals surface area contributed by atoms with Crippen molar-refractivity contribution in [3.05, 3.63) is 71.8 Å². The zero-order valence-corrected chi connectivity index (χ0v) is 20.0. The number of methoxy groups -OCH3 is 2. The van der Waals surface area contributed by atoms with Crippen molar-refractivity contribution in [3.63, 3.8) is 0 Å². The third-order valence-electron chi connectivity index (χ3n) is 5.62. The molecule has 0 radical (unpaired) electrons. The number of nitrogens with zero attached hydrogens (tertiary/aromatic N) is 1. The number of fused-ring (bicyclic) bond motifs is 1. The Morgan fingerprint density at radius 3 is 2.53 bits per heavy atom. The predicted molar refractivity (Wildman–Crippen MR) is 130 cm³/mol. The highest BCUT2D eigenvalue weighted by molar-refractivity contribution is 7.92. The van der Waals surface area contributed by atoms with Crippen molar-refractivity contribution in [2.45, 2.75) is 18.2 Å². The van der Waals surface area contributed by atoms with Gasteiger partial charge in [0.2, 0.25) is 0 Å². The molecular formula is C25H26N2O6S. The molecular weight excluding hydrogens is 456 g/mol. The van der Waals surface area contributed by atoms with Crippen LogP contribution in [-0.2, 0) is 21.2 Å². The number of amides is 1. The van der Waals surface area contributed by atoms with Gasteiger partial charge in [0.25, 0.3) is 15.9 Å². The number of ether oxygens (including phenoxy) is 3. The van der Waals surface area contributed by atoms with Gasteiger partial charge in [0, 0.05) is 12.6 Å². The van der Waals surface area contributed by atoms with Crippen LogP contribution in [0.1, 0.15) is 11.1 Å². The van der Waals surface area contributed by atoms with Gasteiger partial charge < -0.3 is 19.5 Å². The molecule has 0 aromatic heterocycles. The van der Waals surface area contributed by atoms with E-state index in [0.717, 1.165) is 5.56 Å². The second-order valence-electron chi connectivity index (χ2n) is 7.79. The second-order valence-corrected chi connectivity index (χ2v) is 9.65. The summed E-state index contributed by atoms with van der Waals surface area (Å²) < 4.78 is 44.0. The van der Waals surface area contributed by atoms with Gasteiger partial charge in [-0.15, -0.1) is 0 Å². The number of aryl methyl sites for hydroxylation is 1. The molecule has 3 aromatic rings. The molecule has 1 aliphatic rings. The number of sulfonamides is 1. The van der Waals surface area contributed by atoms with Crippen molar-refractivity contribution in [1.29, 1.82) is 0 Å². The van der Waals surface area contributed by atoms with Crippen LogP contribution < -0.4 is 23.8 Å². The fourth-order valence-electron chi connectivity index (χ4n) is 3.86. The van der Waals surface area contributed by atoms with Crippen LogP contribution >= 0.6 is 0 Å². The lowest BCUT2D eigenvalue weighted by molar-refractivity contribution is -0.118. The summed E-state index contributed by atoms with van der Waals surface area (Å²) >= 11 is 0. The molecule has 1 N–H and O–H groups in total. The maximum atomic E-state index is 13.2. The van der Waals surface area contributed by atoms with Gasteiger partial charge in [0.05, 0.1) is 30.5 Å². The fraction of sp³-hybridized carbons (Fsp3) is 0.240. The van der Waals surface area contributed by atoms with Crippen LogP contribution in [0.4, 0.5) is 11.4 Å². The Kier molecular flexibility index (Phi) is 6.65. The van der Waals surface area contributed by atoms with Crippen molar-refractivity contribution >= 4 is 27.3 Å². The van der Waals surface area contributed by atoms with E-state index in [1.54, 1.807) is 44.4 Å². The minimum absolute atomic E-state index is 0.182. The maximum Gasteiger partial charge on any atom is 0.264 e. The molecule has 0 spiro atoms. The lowest BCUT2D eigenvalue weighted by Crippen LogP contribution is -2.29.